The summed E-state index contributed by atoms with van der Waals surface area (Å²) in [6.45, 7) is 2.75. The van der Waals surface area contributed by atoms with E-state index in [4.69, 9.17) is 15.5 Å². The van der Waals surface area contributed by atoms with Crippen LogP contribution in [0.2, 0.25) is 0 Å². The number of hydrogen-bond acceptors (Lipinski definition) is 9. The highest BCUT2D eigenvalue weighted by Gasteiger charge is 2.37. The first kappa shape index (κ1) is 19.0. The van der Waals surface area contributed by atoms with Crippen LogP contribution in [0.1, 0.15) is 6.42 Å². The summed E-state index contributed by atoms with van der Waals surface area (Å²) in [7, 11) is 1.76. The zero-order valence-corrected chi connectivity index (χ0v) is 17.4. The van der Waals surface area contributed by atoms with E-state index in [2.05, 4.69) is 35.5 Å². The third kappa shape index (κ3) is 3.04. The van der Waals surface area contributed by atoms with Crippen LogP contribution in [0.4, 0.5) is 21.8 Å². The second kappa shape index (κ2) is 7.16. The van der Waals surface area contributed by atoms with Crippen LogP contribution < -0.4 is 26.0 Å². The van der Waals surface area contributed by atoms with E-state index in [1.165, 1.54) is 24.5 Å². The van der Waals surface area contributed by atoms with Crippen molar-refractivity contribution in [3.05, 3.63) is 30.3 Å². The van der Waals surface area contributed by atoms with Crippen LogP contribution in [-0.2, 0) is 0 Å². The molecule has 5 N–H and O–H groups in total. The van der Waals surface area contributed by atoms with E-state index in [0.29, 0.717) is 34.9 Å². The van der Waals surface area contributed by atoms with Crippen LogP contribution in [0.3, 0.4) is 0 Å². The van der Waals surface area contributed by atoms with Crippen LogP contribution in [0.25, 0.3) is 21.9 Å². The minimum absolute atomic E-state index is 0.155. The summed E-state index contributed by atoms with van der Waals surface area (Å²) in [6, 6.07) is 3.56. The van der Waals surface area contributed by atoms with E-state index in [1.54, 1.807) is 7.05 Å². The largest absolute Gasteiger partial charge is 0.421 e. The number of aromatic amines is 1. The van der Waals surface area contributed by atoms with Crippen LogP contribution >= 0.6 is 0 Å². The van der Waals surface area contributed by atoms with Gasteiger partial charge in [0.1, 0.15) is 17.3 Å². The van der Waals surface area contributed by atoms with Crippen molar-refractivity contribution in [2.75, 3.05) is 42.6 Å². The number of nitrogens with zero attached hydrogens (tertiary/aromatic N) is 5. The predicted molar refractivity (Wildman–Crippen MR) is 120 cm³/mol. The molecule has 2 aliphatic rings. The lowest BCUT2D eigenvalue weighted by molar-refractivity contribution is 0.196. The van der Waals surface area contributed by atoms with Crippen molar-refractivity contribution in [3.63, 3.8) is 0 Å². The number of rotatable bonds is 4. The lowest BCUT2D eigenvalue weighted by Gasteiger charge is -2.46. The molecule has 3 aromatic heterocycles. The highest BCUT2D eigenvalue weighted by Crippen LogP contribution is 2.38. The smallest absolute Gasteiger partial charge is 0.326 e. The van der Waals surface area contributed by atoms with Crippen molar-refractivity contribution >= 4 is 39.4 Å². The van der Waals surface area contributed by atoms with Crippen molar-refractivity contribution in [3.8, 4) is 11.8 Å². The van der Waals surface area contributed by atoms with E-state index in [9.17, 15) is 4.39 Å². The maximum Gasteiger partial charge on any atom is 0.326 e. The summed E-state index contributed by atoms with van der Waals surface area (Å²) in [6.07, 6.45) is 4.02. The summed E-state index contributed by atoms with van der Waals surface area (Å²) in [5.74, 6) is 1.62. The van der Waals surface area contributed by atoms with Gasteiger partial charge in [0.15, 0.2) is 5.75 Å². The summed E-state index contributed by atoms with van der Waals surface area (Å²) >= 11 is 0. The van der Waals surface area contributed by atoms with Crippen molar-refractivity contribution in [2.45, 2.75) is 12.5 Å². The highest BCUT2D eigenvalue weighted by molar-refractivity contribution is 6.14. The number of H-pyrrole nitrogens is 1. The van der Waals surface area contributed by atoms with E-state index in [-0.39, 0.29) is 17.8 Å². The molecule has 2 aliphatic heterocycles. The highest BCUT2D eigenvalue weighted by atomic mass is 19.1. The molecule has 0 bridgehead atoms. The molecule has 11 heteroatoms. The van der Waals surface area contributed by atoms with Crippen LogP contribution in [0.5, 0.6) is 11.8 Å². The molecule has 164 valence electrons. The number of nitrogens with two attached hydrogens (primary N) is 1. The molecular weight excluding hydrogens is 413 g/mol. The molecule has 0 spiro atoms. The first-order valence-corrected chi connectivity index (χ1v) is 10.5. The first-order valence-electron chi connectivity index (χ1n) is 10.5. The zero-order chi connectivity index (χ0) is 21.8. The van der Waals surface area contributed by atoms with Gasteiger partial charge in [0.05, 0.1) is 29.0 Å². The number of hydrogen-bond donors (Lipinski definition) is 4. The third-order valence-corrected chi connectivity index (χ3v) is 6.31. The Balaban J connectivity index is 1.52. The Morgan fingerprint density at radius 2 is 2.09 bits per heavy atom. The minimum atomic E-state index is -0.326. The molecule has 0 aliphatic carbocycles. The molecule has 0 amide bonds. The Hall–Kier alpha value is -3.73. The molecule has 2 atom stereocenters. The quantitative estimate of drug-likeness (QED) is 0.381. The van der Waals surface area contributed by atoms with E-state index in [1.807, 2.05) is 0 Å². The van der Waals surface area contributed by atoms with Crippen molar-refractivity contribution < 1.29 is 9.13 Å². The molecule has 0 radical (unpaired) electrons. The van der Waals surface area contributed by atoms with Gasteiger partial charge in [-0.25, -0.2) is 14.4 Å². The Labute approximate surface area is 182 Å². The average molecular weight is 435 g/mol. The lowest BCUT2D eigenvalue weighted by Crippen LogP contribution is -2.62. The number of benzene rings is 1. The summed E-state index contributed by atoms with van der Waals surface area (Å²) in [5.41, 5.74) is 7.55. The lowest BCUT2D eigenvalue weighted by atomic mass is 9.85. The molecular formula is C21H22FN9O. The fraction of sp³-hybridized carbons (Fsp3) is 0.333. The first-order chi connectivity index (χ1) is 15.6. The van der Waals surface area contributed by atoms with Gasteiger partial charge >= 0.3 is 6.01 Å². The third-order valence-electron chi connectivity index (χ3n) is 6.31. The average Bonchev–Trinajstić information content (AvgIpc) is 3.13. The molecule has 0 saturated carbocycles. The van der Waals surface area contributed by atoms with E-state index in [0.717, 1.165) is 42.3 Å². The summed E-state index contributed by atoms with van der Waals surface area (Å²) in [4.78, 5) is 22.8. The minimum Gasteiger partial charge on any atom is -0.421 e. The number of nitrogens with one attached hydrogen (secondary N) is 3. The van der Waals surface area contributed by atoms with Gasteiger partial charge < -0.3 is 31.0 Å². The number of aromatic nitrogens is 5. The molecule has 6 rings (SSSR count). The van der Waals surface area contributed by atoms with Gasteiger partial charge in [-0.05, 0) is 31.0 Å². The molecule has 10 nitrogen and oxygen atoms in total. The number of ether oxygens (including phenoxy) is 1. The van der Waals surface area contributed by atoms with Gasteiger partial charge in [-0.15, -0.1) is 0 Å². The molecule has 2 fully saturated rings. The molecule has 32 heavy (non-hydrogen) atoms. The van der Waals surface area contributed by atoms with Gasteiger partial charge in [-0.3, -0.25) is 0 Å². The van der Waals surface area contributed by atoms with Gasteiger partial charge in [-0.1, -0.05) is 0 Å². The van der Waals surface area contributed by atoms with E-state index >= 15 is 0 Å². The van der Waals surface area contributed by atoms with Crippen molar-refractivity contribution in [2.24, 2.45) is 5.92 Å². The summed E-state index contributed by atoms with van der Waals surface area (Å²) in [5, 5.41) is 8.04. The van der Waals surface area contributed by atoms with Gasteiger partial charge in [-0.2, -0.15) is 9.97 Å². The molecule has 2 saturated heterocycles. The van der Waals surface area contributed by atoms with E-state index < -0.39 is 0 Å². The van der Waals surface area contributed by atoms with Crippen LogP contribution in [0.15, 0.2) is 24.5 Å². The molecule has 5 heterocycles. The normalized spacial score (nSPS) is 20.2. The van der Waals surface area contributed by atoms with Crippen molar-refractivity contribution in [1.29, 1.82) is 0 Å². The number of anilines is 3. The number of nitrogen functional groups attached to an aromatic ring is 1. The zero-order valence-electron chi connectivity index (χ0n) is 17.4. The molecule has 4 aromatic rings. The summed E-state index contributed by atoms with van der Waals surface area (Å²) < 4.78 is 20.3. The fourth-order valence-corrected chi connectivity index (χ4v) is 4.59. The number of piperidine rings is 1. The van der Waals surface area contributed by atoms with Gasteiger partial charge in [0, 0.05) is 31.6 Å². The second-order valence-corrected chi connectivity index (χ2v) is 8.19. The number of fused-ring (bicyclic) bond motifs is 4. The monoisotopic (exact) mass is 435 g/mol. The Morgan fingerprint density at radius 1 is 1.25 bits per heavy atom. The fourth-order valence-electron chi connectivity index (χ4n) is 4.59. The standard InChI is InChI=1S/C21H22FN9O/c1-24-14-5-11(22)4-13-16-18(28-17(13)14)29-21(32-12-7-26-20(23)27-8-12)30-19(16)31-3-2-10-6-25-15(10)9-31/h4-5,7-8,10,15,24-25H,2-3,6,9H2,1H3,(H2,23,26,27)(H,28,29,30). The predicted octanol–water partition coefficient (Wildman–Crippen LogP) is 2.25. The van der Waals surface area contributed by atoms with Crippen LogP contribution in [-0.4, -0.2) is 57.6 Å². The maximum absolute atomic E-state index is 14.4. The second-order valence-electron chi connectivity index (χ2n) is 8.19. The Bertz CT molecular complexity index is 1320. The number of halogens is 1. The van der Waals surface area contributed by atoms with Gasteiger partial charge in [0.2, 0.25) is 5.95 Å². The Kier molecular flexibility index (Phi) is 4.25. The molecule has 1 aromatic carbocycles. The molecule has 2 unspecified atom stereocenters. The topological polar surface area (TPSA) is 130 Å². The van der Waals surface area contributed by atoms with Crippen molar-refractivity contribution in [1.82, 2.24) is 30.2 Å². The SMILES string of the molecule is CNc1cc(F)cc2c1[nH]c1nc(Oc3cnc(N)nc3)nc(N3CCC4CNC4C3)c12. The maximum atomic E-state index is 14.4. The Morgan fingerprint density at radius 3 is 2.81 bits per heavy atom. The van der Waals surface area contributed by atoms with Crippen LogP contribution in [0, 0.1) is 11.7 Å². The van der Waals surface area contributed by atoms with Gasteiger partial charge in [0.25, 0.3) is 0 Å².